The lowest BCUT2D eigenvalue weighted by Crippen LogP contribution is -2.19. The molecule has 1 aromatic carbocycles. The molecule has 0 radical (unpaired) electrons. The highest BCUT2D eigenvalue weighted by molar-refractivity contribution is 5.77. The molecule has 2 aliphatic carbocycles. The Morgan fingerprint density at radius 3 is 2.50 bits per heavy atom. The number of aryl methyl sites for hydroxylation is 2. The first-order valence-electron chi connectivity index (χ1n) is 7.43. The molecule has 4 heteroatoms. The zero-order chi connectivity index (χ0) is 14.0. The Morgan fingerprint density at radius 2 is 1.80 bits per heavy atom. The maximum Gasteiger partial charge on any atom is 0.328 e. The number of aromatic nitrogens is 2. The third-order valence-corrected chi connectivity index (χ3v) is 5.47. The van der Waals surface area contributed by atoms with E-state index in [0.717, 1.165) is 28.4 Å². The van der Waals surface area contributed by atoms with Crippen LogP contribution >= 0.6 is 0 Å². The normalized spacial score (nSPS) is 29.6. The maximum atomic E-state index is 11.9. The first-order chi connectivity index (χ1) is 9.59. The van der Waals surface area contributed by atoms with E-state index in [9.17, 15) is 9.90 Å². The van der Waals surface area contributed by atoms with Gasteiger partial charge >= 0.3 is 5.69 Å². The summed E-state index contributed by atoms with van der Waals surface area (Å²) in [5, 5.41) is 10.6. The minimum atomic E-state index is -0.370. The first kappa shape index (κ1) is 12.2. The number of nitrogens with zero attached hydrogens (tertiary/aromatic N) is 2. The minimum absolute atomic E-state index is 0.0186. The van der Waals surface area contributed by atoms with Crippen LogP contribution in [0.2, 0.25) is 0 Å². The highest BCUT2D eigenvalue weighted by Gasteiger charge is 2.55. The van der Waals surface area contributed by atoms with E-state index in [2.05, 4.69) is 0 Å². The molecule has 20 heavy (non-hydrogen) atoms. The van der Waals surface area contributed by atoms with Crippen LogP contribution in [0.15, 0.2) is 23.0 Å². The number of hydrogen-bond donors (Lipinski definition) is 1. The number of hydrogen-bond acceptors (Lipinski definition) is 2. The van der Waals surface area contributed by atoms with Crippen LogP contribution in [-0.4, -0.2) is 14.2 Å². The van der Waals surface area contributed by atoms with Gasteiger partial charge in [0.15, 0.2) is 0 Å². The Morgan fingerprint density at radius 1 is 1.15 bits per heavy atom. The Bertz CT molecular complexity index is 733. The van der Waals surface area contributed by atoms with E-state index in [0.29, 0.717) is 5.92 Å². The van der Waals surface area contributed by atoms with E-state index in [1.807, 2.05) is 18.2 Å². The second kappa shape index (κ2) is 3.98. The van der Waals surface area contributed by atoms with Crippen LogP contribution in [0.1, 0.15) is 30.9 Å². The fraction of sp³-hybridized carbons (Fsp3) is 0.562. The predicted molar refractivity (Wildman–Crippen MR) is 77.4 cm³/mol. The van der Waals surface area contributed by atoms with E-state index in [1.54, 1.807) is 23.2 Å². The van der Waals surface area contributed by atoms with E-state index >= 15 is 0 Å². The van der Waals surface area contributed by atoms with Gasteiger partial charge in [-0.15, -0.1) is 0 Å². The van der Waals surface area contributed by atoms with Gasteiger partial charge in [-0.3, -0.25) is 9.13 Å². The second-order valence-electron chi connectivity index (χ2n) is 6.43. The Kier molecular flexibility index (Phi) is 2.43. The summed E-state index contributed by atoms with van der Waals surface area (Å²) in [7, 11) is 3.57. The van der Waals surface area contributed by atoms with Gasteiger partial charge in [0.1, 0.15) is 0 Å². The molecular weight excluding hydrogens is 252 g/mol. The van der Waals surface area contributed by atoms with Crippen molar-refractivity contribution in [1.82, 2.24) is 9.13 Å². The number of benzene rings is 1. The summed E-state index contributed by atoms with van der Waals surface area (Å²) in [4.78, 5) is 11.9. The van der Waals surface area contributed by atoms with Crippen LogP contribution in [0.3, 0.4) is 0 Å². The average Bonchev–Trinajstić information content (AvgIpc) is 2.85. The van der Waals surface area contributed by atoms with Gasteiger partial charge in [-0.1, -0.05) is 12.5 Å². The summed E-state index contributed by atoms with van der Waals surface area (Å²) in [6.07, 6.45) is 3.51. The van der Waals surface area contributed by atoms with Crippen LogP contribution in [0.25, 0.3) is 11.0 Å². The minimum Gasteiger partial charge on any atom is -0.388 e. The van der Waals surface area contributed by atoms with Gasteiger partial charge in [0, 0.05) is 14.1 Å². The first-order valence-corrected chi connectivity index (χ1v) is 7.43. The summed E-state index contributed by atoms with van der Waals surface area (Å²) in [6.45, 7) is 0. The van der Waals surface area contributed by atoms with Crippen molar-refractivity contribution in [2.75, 3.05) is 0 Å². The molecule has 3 unspecified atom stereocenters. The molecule has 106 valence electrons. The number of imidazole rings is 1. The molecule has 0 aliphatic heterocycles. The molecule has 3 atom stereocenters. The van der Waals surface area contributed by atoms with Gasteiger partial charge in [0.05, 0.1) is 17.1 Å². The third kappa shape index (κ3) is 1.48. The molecular formula is C16H20N2O2. The Hall–Kier alpha value is -1.55. The standard InChI is InChI=1S/C16H20N2O2/c1-17-12-7-6-9(8-13(12)18(2)16(17)20)15(19)14-10-4-3-5-11(10)14/h6-8,10-11,14-15,19H,3-5H2,1-2H3. The van der Waals surface area contributed by atoms with Crippen LogP contribution in [0.5, 0.6) is 0 Å². The monoisotopic (exact) mass is 272 g/mol. The molecule has 4 nitrogen and oxygen atoms in total. The summed E-state index contributed by atoms with van der Waals surface area (Å²) in [5.41, 5.74) is 2.76. The number of aliphatic hydroxyl groups excluding tert-OH is 1. The zero-order valence-electron chi connectivity index (χ0n) is 11.9. The number of aliphatic hydroxyl groups is 1. The van der Waals surface area contributed by atoms with Crippen molar-refractivity contribution in [2.24, 2.45) is 31.8 Å². The number of fused-ring (bicyclic) bond motifs is 2. The summed E-state index contributed by atoms with van der Waals surface area (Å²) >= 11 is 0. The lowest BCUT2D eigenvalue weighted by Gasteiger charge is -2.13. The second-order valence-corrected chi connectivity index (χ2v) is 6.43. The third-order valence-electron chi connectivity index (χ3n) is 5.47. The van der Waals surface area contributed by atoms with Crippen molar-refractivity contribution in [1.29, 1.82) is 0 Å². The molecule has 2 aromatic rings. The molecule has 0 bridgehead atoms. The molecule has 4 rings (SSSR count). The topological polar surface area (TPSA) is 47.2 Å². The van der Waals surface area contributed by atoms with Gasteiger partial charge in [-0.05, 0) is 48.3 Å². The van der Waals surface area contributed by atoms with E-state index in [4.69, 9.17) is 0 Å². The molecule has 1 heterocycles. The summed E-state index contributed by atoms with van der Waals surface area (Å²) in [5.74, 6) is 1.92. The van der Waals surface area contributed by atoms with E-state index in [-0.39, 0.29) is 11.8 Å². The molecule has 0 saturated heterocycles. The largest absolute Gasteiger partial charge is 0.388 e. The smallest absolute Gasteiger partial charge is 0.328 e. The van der Waals surface area contributed by atoms with Gasteiger partial charge in [-0.25, -0.2) is 4.79 Å². The predicted octanol–water partition coefficient (Wildman–Crippen LogP) is 1.96. The molecule has 2 fully saturated rings. The van der Waals surface area contributed by atoms with Crippen molar-refractivity contribution in [3.63, 3.8) is 0 Å². The fourth-order valence-corrected chi connectivity index (χ4v) is 4.28. The lowest BCUT2D eigenvalue weighted by molar-refractivity contribution is 0.137. The van der Waals surface area contributed by atoms with E-state index in [1.165, 1.54) is 19.3 Å². The van der Waals surface area contributed by atoms with Gasteiger partial charge < -0.3 is 5.11 Å². The summed E-state index contributed by atoms with van der Waals surface area (Å²) < 4.78 is 3.30. The van der Waals surface area contributed by atoms with Crippen molar-refractivity contribution in [2.45, 2.75) is 25.4 Å². The van der Waals surface area contributed by atoms with Crippen molar-refractivity contribution in [3.8, 4) is 0 Å². The van der Waals surface area contributed by atoms with Crippen molar-refractivity contribution < 1.29 is 5.11 Å². The van der Waals surface area contributed by atoms with Crippen LogP contribution in [0, 0.1) is 17.8 Å². The molecule has 0 spiro atoms. The maximum absolute atomic E-state index is 11.9. The molecule has 1 N–H and O–H groups in total. The highest BCUT2D eigenvalue weighted by Crippen LogP contribution is 2.62. The van der Waals surface area contributed by atoms with Gasteiger partial charge in [0.2, 0.25) is 0 Å². The molecule has 0 amide bonds. The molecule has 2 saturated carbocycles. The Balaban J connectivity index is 1.74. The van der Waals surface area contributed by atoms with Crippen molar-refractivity contribution >= 4 is 11.0 Å². The zero-order valence-corrected chi connectivity index (χ0v) is 11.9. The molecule has 2 aliphatic rings. The Labute approximate surface area is 117 Å². The average molecular weight is 272 g/mol. The summed E-state index contributed by atoms with van der Waals surface area (Å²) in [6, 6.07) is 5.91. The number of rotatable bonds is 2. The van der Waals surface area contributed by atoms with Gasteiger partial charge in [-0.2, -0.15) is 0 Å². The fourth-order valence-electron chi connectivity index (χ4n) is 4.28. The quantitative estimate of drug-likeness (QED) is 0.908. The molecule has 1 aromatic heterocycles. The van der Waals surface area contributed by atoms with Crippen LogP contribution < -0.4 is 5.69 Å². The van der Waals surface area contributed by atoms with Crippen molar-refractivity contribution in [3.05, 3.63) is 34.2 Å². The SMILES string of the molecule is Cn1c(=O)n(C)c2cc(C(O)C3C4CCCC43)ccc21. The van der Waals surface area contributed by atoms with E-state index < -0.39 is 0 Å². The lowest BCUT2D eigenvalue weighted by atomic mass is 9.99. The van der Waals surface area contributed by atoms with Crippen LogP contribution in [-0.2, 0) is 14.1 Å². The van der Waals surface area contributed by atoms with Crippen LogP contribution in [0.4, 0.5) is 0 Å². The highest BCUT2D eigenvalue weighted by atomic mass is 16.3. The van der Waals surface area contributed by atoms with Gasteiger partial charge in [0.25, 0.3) is 0 Å².